The molecular weight excluding hydrogens is 726 g/mol. The molecule has 3 aromatic carbocycles. The topological polar surface area (TPSA) is 130 Å². The second-order valence-corrected chi connectivity index (χ2v) is 16.8. The van der Waals surface area contributed by atoms with E-state index in [4.69, 9.17) is 21.1 Å². The Labute approximate surface area is 335 Å². The number of nitrogens with zero attached hydrogens (tertiary/aromatic N) is 1. The number of carboxylic acids is 2. The molecule has 0 aliphatic heterocycles. The van der Waals surface area contributed by atoms with Crippen molar-refractivity contribution in [2.75, 3.05) is 25.1 Å². The highest BCUT2D eigenvalue weighted by Crippen LogP contribution is 2.57. The van der Waals surface area contributed by atoms with Gasteiger partial charge in [-0.3, -0.25) is 9.78 Å². The first-order valence-corrected chi connectivity index (χ1v) is 20.6. The van der Waals surface area contributed by atoms with Gasteiger partial charge in [0.05, 0.1) is 13.2 Å². The van der Waals surface area contributed by atoms with Gasteiger partial charge in [-0.1, -0.05) is 67.9 Å². The molecule has 1 saturated carbocycles. The lowest BCUT2D eigenvalue weighted by Crippen LogP contribution is -2.53. The molecule has 4 aromatic rings. The number of carbonyl (C=O) groups is 2. The Balaban J connectivity index is 1.07. The van der Waals surface area contributed by atoms with E-state index < -0.39 is 23.5 Å². The largest absolute Gasteiger partial charge is 0.494 e. The predicted octanol–water partition coefficient (Wildman–Crippen LogP) is 9.38. The summed E-state index contributed by atoms with van der Waals surface area (Å²) in [5.74, 6) is 1.01. The summed E-state index contributed by atoms with van der Waals surface area (Å²) < 4.78 is 12.9. The second kappa shape index (κ2) is 17.3. The number of aryl methyl sites for hydroxylation is 1. The number of benzene rings is 3. The van der Waals surface area contributed by atoms with Crippen molar-refractivity contribution >= 4 is 29.2 Å². The van der Waals surface area contributed by atoms with Crippen LogP contribution in [0.5, 0.6) is 11.5 Å². The van der Waals surface area contributed by atoms with Crippen molar-refractivity contribution in [2.24, 2.45) is 11.8 Å². The molecular formula is C46H54ClN3O6. The van der Waals surface area contributed by atoms with E-state index in [0.29, 0.717) is 67.1 Å². The van der Waals surface area contributed by atoms with E-state index >= 15 is 0 Å². The fourth-order valence-corrected chi connectivity index (χ4v) is 9.86. The first-order valence-electron chi connectivity index (χ1n) is 20.2. The number of nitrogens with one attached hydrogen (secondary N) is 2. The van der Waals surface area contributed by atoms with E-state index in [1.165, 1.54) is 22.4 Å². The minimum atomic E-state index is -1.11. The fourth-order valence-electron chi connectivity index (χ4n) is 9.67. The molecule has 1 aromatic heterocycles. The normalized spacial score (nSPS) is 23.8. The number of pyridine rings is 1. The minimum absolute atomic E-state index is 0.214. The smallest absolute Gasteiger partial charge is 0.329 e. The molecule has 1 fully saturated rings. The number of ether oxygens (including phenoxy) is 2. The first-order chi connectivity index (χ1) is 27.1. The van der Waals surface area contributed by atoms with Crippen LogP contribution in [-0.4, -0.2) is 52.4 Å². The molecule has 0 bridgehead atoms. The van der Waals surface area contributed by atoms with Crippen LogP contribution in [0, 0.1) is 11.8 Å². The zero-order chi connectivity index (χ0) is 39.3. The summed E-state index contributed by atoms with van der Waals surface area (Å²) in [6.45, 7) is 6.07. The van der Waals surface area contributed by atoms with E-state index in [1.54, 1.807) is 12.1 Å². The van der Waals surface area contributed by atoms with Gasteiger partial charge in [0, 0.05) is 28.2 Å². The summed E-state index contributed by atoms with van der Waals surface area (Å²) in [7, 11) is 0. The number of halogens is 1. The molecule has 10 heteroatoms. The van der Waals surface area contributed by atoms with Crippen LogP contribution in [0.3, 0.4) is 0 Å². The number of hydrogen-bond acceptors (Lipinski definition) is 7. The van der Waals surface area contributed by atoms with Gasteiger partial charge >= 0.3 is 11.9 Å². The van der Waals surface area contributed by atoms with Crippen molar-refractivity contribution in [1.29, 1.82) is 0 Å². The summed E-state index contributed by atoms with van der Waals surface area (Å²) >= 11 is 6.30. The molecule has 56 heavy (non-hydrogen) atoms. The van der Waals surface area contributed by atoms with Crippen LogP contribution in [0.2, 0.25) is 5.02 Å². The molecule has 1 spiro atoms. The van der Waals surface area contributed by atoms with Crippen LogP contribution in [0.15, 0.2) is 85.1 Å². The third kappa shape index (κ3) is 8.54. The predicted molar refractivity (Wildman–Crippen MR) is 219 cm³/mol. The van der Waals surface area contributed by atoms with E-state index in [2.05, 4.69) is 41.6 Å². The first kappa shape index (κ1) is 39.6. The molecule has 3 aliphatic rings. The van der Waals surface area contributed by atoms with E-state index in [1.807, 2.05) is 60.8 Å². The average molecular weight is 780 g/mol. The summed E-state index contributed by atoms with van der Waals surface area (Å²) in [4.78, 5) is 29.6. The Morgan fingerprint density at radius 3 is 2.54 bits per heavy atom. The van der Waals surface area contributed by atoms with E-state index in [-0.39, 0.29) is 11.3 Å². The lowest BCUT2D eigenvalue weighted by Gasteiger charge is -2.47. The number of aromatic nitrogens is 1. The Hall–Kier alpha value is -4.60. The fraction of sp³-hybridized carbons (Fsp3) is 0.457. The molecule has 3 aliphatic carbocycles. The Kier molecular flexibility index (Phi) is 12.2. The van der Waals surface area contributed by atoms with Gasteiger partial charge in [-0.15, -0.1) is 0 Å². The molecule has 0 saturated heterocycles. The maximum absolute atomic E-state index is 13.0. The molecule has 0 amide bonds. The molecule has 0 unspecified atom stereocenters. The summed E-state index contributed by atoms with van der Waals surface area (Å²) in [5.41, 5.74) is 5.10. The van der Waals surface area contributed by atoms with Crippen molar-refractivity contribution in [3.05, 3.63) is 118 Å². The van der Waals surface area contributed by atoms with Crippen LogP contribution >= 0.6 is 11.6 Å². The Bertz CT molecular complexity index is 2000. The lowest BCUT2D eigenvalue weighted by atomic mass is 9.59. The molecule has 296 valence electrons. The number of anilines is 1. The highest BCUT2D eigenvalue weighted by atomic mass is 35.5. The van der Waals surface area contributed by atoms with Gasteiger partial charge in [-0.05, 0) is 147 Å². The molecule has 4 N–H and O–H groups in total. The van der Waals surface area contributed by atoms with E-state index in [0.717, 1.165) is 56.4 Å². The second-order valence-electron chi connectivity index (χ2n) is 16.4. The van der Waals surface area contributed by atoms with Gasteiger partial charge < -0.3 is 30.3 Å². The van der Waals surface area contributed by atoms with Crippen molar-refractivity contribution in [3.8, 4) is 11.5 Å². The third-order valence-corrected chi connectivity index (χ3v) is 12.8. The lowest BCUT2D eigenvalue weighted by molar-refractivity contribution is -0.144. The van der Waals surface area contributed by atoms with Crippen molar-refractivity contribution in [3.63, 3.8) is 0 Å². The molecule has 1 heterocycles. The van der Waals surface area contributed by atoms with Crippen LogP contribution < -0.4 is 20.1 Å². The molecule has 7 rings (SSSR count). The number of rotatable bonds is 16. The van der Waals surface area contributed by atoms with Crippen molar-refractivity contribution < 1.29 is 29.3 Å². The van der Waals surface area contributed by atoms with E-state index in [9.17, 15) is 19.8 Å². The minimum Gasteiger partial charge on any atom is -0.494 e. The highest BCUT2D eigenvalue weighted by molar-refractivity contribution is 6.30. The molecule has 4 atom stereocenters. The van der Waals surface area contributed by atoms with Crippen LogP contribution in [0.25, 0.3) is 0 Å². The Morgan fingerprint density at radius 2 is 1.79 bits per heavy atom. The number of fused-ring (bicyclic) bond motifs is 3. The van der Waals surface area contributed by atoms with Gasteiger partial charge in [0.1, 0.15) is 23.1 Å². The van der Waals surface area contributed by atoms with Gasteiger partial charge in [0.15, 0.2) is 0 Å². The summed E-state index contributed by atoms with van der Waals surface area (Å²) in [6, 6.07) is 24.1. The number of carboxylic acid groups (broad SMARTS) is 2. The maximum Gasteiger partial charge on any atom is 0.329 e. The van der Waals surface area contributed by atoms with Gasteiger partial charge in [0.25, 0.3) is 0 Å². The maximum atomic E-state index is 13.0. The SMILES string of the molecule is C[C@@H](COc1ccnc2c1[C@H](C)CCC2)C[C@H]1Cc2ccc(OCCCN[C@@H](C(=O)O)c3ccccc3)cc2C12CCC(Nc1cccc(Cl)c1)(C(=O)O)CC2. The van der Waals surface area contributed by atoms with Gasteiger partial charge in [-0.25, -0.2) is 4.79 Å². The average Bonchev–Trinajstić information content (AvgIpc) is 3.47. The third-order valence-electron chi connectivity index (χ3n) is 12.6. The van der Waals surface area contributed by atoms with Gasteiger partial charge in [-0.2, -0.15) is 0 Å². The summed E-state index contributed by atoms with van der Waals surface area (Å²) in [5, 5.41) is 27.6. The zero-order valence-corrected chi connectivity index (χ0v) is 33.2. The van der Waals surface area contributed by atoms with Crippen LogP contribution in [0.4, 0.5) is 5.69 Å². The zero-order valence-electron chi connectivity index (χ0n) is 32.4. The number of aliphatic carboxylic acids is 2. The van der Waals surface area contributed by atoms with Crippen LogP contribution in [0.1, 0.15) is 105 Å². The van der Waals surface area contributed by atoms with Crippen molar-refractivity contribution in [1.82, 2.24) is 10.3 Å². The quantitative estimate of drug-likeness (QED) is 0.0822. The molecule has 9 nitrogen and oxygen atoms in total. The van der Waals surface area contributed by atoms with Crippen molar-refractivity contribution in [2.45, 2.75) is 101 Å². The molecule has 0 radical (unpaired) electrons. The standard InChI is InChI=1S/C46H54ClN3O6/c1-30(29-56-40-17-23-48-39-14-6-9-31(2)41(39)40)25-34-26-33-15-16-37(55-24-8-22-49-42(43(51)52)32-10-4-3-5-11-32)28-38(33)45(34)18-20-46(21-19-45,44(53)54)50-36-13-7-12-35(47)27-36/h3-5,7,10-13,15-17,23,27-28,30-31,34,42,49-50H,6,8-9,14,18-22,24-26,29H2,1-2H3,(H,51,52)(H,53,54)/t30-,31-,34+,42-,45?,46?/m1/s1. The highest BCUT2D eigenvalue weighted by Gasteiger charge is 2.54. The van der Waals surface area contributed by atoms with Crippen LogP contribution in [-0.2, 0) is 27.8 Å². The monoisotopic (exact) mass is 779 g/mol. The number of hydrogen-bond donors (Lipinski definition) is 4. The Morgan fingerprint density at radius 1 is 0.982 bits per heavy atom. The summed E-state index contributed by atoms with van der Waals surface area (Å²) in [6.07, 6.45) is 10.1. The van der Waals surface area contributed by atoms with Gasteiger partial charge in [0.2, 0.25) is 0 Å².